The number of imidazole rings is 1. The Balaban J connectivity index is 1.49. The van der Waals surface area contributed by atoms with Gasteiger partial charge in [-0.3, -0.25) is 9.89 Å². The molecule has 1 unspecified atom stereocenters. The van der Waals surface area contributed by atoms with Crippen molar-refractivity contribution in [3.05, 3.63) is 54.1 Å². The molecule has 2 heterocycles. The predicted molar refractivity (Wildman–Crippen MR) is 115 cm³/mol. The van der Waals surface area contributed by atoms with Crippen LogP contribution in [0.15, 0.2) is 47.7 Å². The minimum absolute atomic E-state index is 0.416. The summed E-state index contributed by atoms with van der Waals surface area (Å²) in [6.45, 7) is 9.32. The van der Waals surface area contributed by atoms with Gasteiger partial charge in [-0.15, -0.1) is 0 Å². The maximum absolute atomic E-state index is 4.49. The van der Waals surface area contributed by atoms with Crippen LogP contribution in [0.1, 0.15) is 38.1 Å². The van der Waals surface area contributed by atoms with Gasteiger partial charge in [-0.1, -0.05) is 44.2 Å². The SMILES string of the molecule is CN=C(NCc1nccn1CC(C)C)NC1CCCN(Cc2ccccc2)C1. The van der Waals surface area contributed by atoms with Crippen LogP contribution in [0.4, 0.5) is 0 Å². The lowest BCUT2D eigenvalue weighted by Gasteiger charge is -2.34. The van der Waals surface area contributed by atoms with Gasteiger partial charge in [-0.05, 0) is 30.9 Å². The molecule has 0 amide bonds. The monoisotopic (exact) mass is 382 g/mol. The van der Waals surface area contributed by atoms with Gasteiger partial charge < -0.3 is 15.2 Å². The summed E-state index contributed by atoms with van der Waals surface area (Å²) < 4.78 is 2.22. The lowest BCUT2D eigenvalue weighted by Crippen LogP contribution is -2.50. The molecule has 0 spiro atoms. The Hall–Kier alpha value is -2.34. The zero-order valence-corrected chi connectivity index (χ0v) is 17.4. The van der Waals surface area contributed by atoms with Crippen molar-refractivity contribution in [2.45, 2.75) is 52.4 Å². The first-order chi connectivity index (χ1) is 13.6. The van der Waals surface area contributed by atoms with Gasteiger partial charge in [0.25, 0.3) is 0 Å². The maximum atomic E-state index is 4.49. The number of hydrogen-bond acceptors (Lipinski definition) is 3. The van der Waals surface area contributed by atoms with E-state index in [1.165, 1.54) is 18.4 Å². The summed E-state index contributed by atoms with van der Waals surface area (Å²) in [5, 5.41) is 7.04. The fourth-order valence-corrected chi connectivity index (χ4v) is 3.78. The normalized spacial score (nSPS) is 18.4. The van der Waals surface area contributed by atoms with E-state index >= 15 is 0 Å². The summed E-state index contributed by atoms with van der Waals surface area (Å²) in [5.41, 5.74) is 1.38. The smallest absolute Gasteiger partial charge is 0.191 e. The molecule has 6 nitrogen and oxygen atoms in total. The van der Waals surface area contributed by atoms with E-state index in [0.29, 0.717) is 18.5 Å². The second-order valence-electron chi connectivity index (χ2n) is 8.02. The number of benzene rings is 1. The first-order valence-electron chi connectivity index (χ1n) is 10.4. The molecular formula is C22H34N6. The molecule has 0 radical (unpaired) electrons. The van der Waals surface area contributed by atoms with Gasteiger partial charge in [0.05, 0.1) is 6.54 Å². The first-order valence-corrected chi connectivity index (χ1v) is 10.4. The molecule has 3 rings (SSSR count). The summed E-state index contributed by atoms with van der Waals surface area (Å²) in [5.74, 6) is 2.50. The molecule has 1 atom stereocenters. The predicted octanol–water partition coefficient (Wildman–Crippen LogP) is 2.87. The number of aliphatic imine (C=N–C) groups is 1. The molecule has 2 aromatic rings. The molecule has 1 aliphatic heterocycles. The van der Waals surface area contributed by atoms with Crippen molar-refractivity contribution in [3.8, 4) is 0 Å². The van der Waals surface area contributed by atoms with E-state index in [9.17, 15) is 0 Å². The molecule has 0 bridgehead atoms. The summed E-state index contributed by atoms with van der Waals surface area (Å²) in [7, 11) is 1.83. The van der Waals surface area contributed by atoms with Crippen molar-refractivity contribution in [2.75, 3.05) is 20.1 Å². The number of hydrogen-bond donors (Lipinski definition) is 2. The molecule has 1 saturated heterocycles. The van der Waals surface area contributed by atoms with E-state index in [2.05, 4.69) is 80.5 Å². The van der Waals surface area contributed by atoms with E-state index in [0.717, 1.165) is 38.0 Å². The van der Waals surface area contributed by atoms with Crippen molar-refractivity contribution >= 4 is 5.96 Å². The highest BCUT2D eigenvalue weighted by atomic mass is 15.2. The van der Waals surface area contributed by atoms with Crippen molar-refractivity contribution in [1.29, 1.82) is 0 Å². The van der Waals surface area contributed by atoms with Crippen LogP contribution in [0.3, 0.4) is 0 Å². The quantitative estimate of drug-likeness (QED) is 0.571. The highest BCUT2D eigenvalue weighted by Gasteiger charge is 2.20. The summed E-state index contributed by atoms with van der Waals surface area (Å²) in [6, 6.07) is 11.1. The molecule has 1 aromatic heterocycles. The molecule has 152 valence electrons. The Morgan fingerprint density at radius 1 is 1.29 bits per heavy atom. The minimum atomic E-state index is 0.416. The number of likely N-dealkylation sites (tertiary alicyclic amines) is 1. The molecule has 2 N–H and O–H groups in total. The molecule has 0 aliphatic carbocycles. The third-order valence-corrected chi connectivity index (χ3v) is 5.10. The van der Waals surface area contributed by atoms with E-state index in [-0.39, 0.29) is 0 Å². The van der Waals surface area contributed by atoms with Crippen LogP contribution in [0, 0.1) is 5.92 Å². The van der Waals surface area contributed by atoms with Crippen LogP contribution in [0.25, 0.3) is 0 Å². The van der Waals surface area contributed by atoms with Gasteiger partial charge in [0.15, 0.2) is 5.96 Å². The Bertz CT molecular complexity index is 736. The average molecular weight is 383 g/mol. The number of nitrogens with zero attached hydrogens (tertiary/aromatic N) is 4. The zero-order chi connectivity index (χ0) is 19.8. The van der Waals surface area contributed by atoms with Crippen LogP contribution in [-0.4, -0.2) is 46.6 Å². The number of nitrogens with one attached hydrogen (secondary N) is 2. The topological polar surface area (TPSA) is 57.5 Å². The standard InChI is InChI=1S/C22H34N6/c1-18(2)15-28-13-11-24-21(28)14-25-22(23-3)26-20-10-7-12-27(17-20)16-19-8-5-4-6-9-19/h4-6,8-9,11,13,18,20H,7,10,12,14-17H2,1-3H3,(H2,23,25,26). The third-order valence-electron chi connectivity index (χ3n) is 5.10. The number of rotatable bonds is 7. The van der Waals surface area contributed by atoms with Crippen LogP contribution in [0.5, 0.6) is 0 Å². The van der Waals surface area contributed by atoms with Gasteiger partial charge in [-0.2, -0.15) is 0 Å². The average Bonchev–Trinajstić information content (AvgIpc) is 3.12. The number of guanidine groups is 1. The lowest BCUT2D eigenvalue weighted by atomic mass is 10.0. The van der Waals surface area contributed by atoms with Gasteiger partial charge in [0.2, 0.25) is 0 Å². The van der Waals surface area contributed by atoms with Crippen molar-refractivity contribution < 1.29 is 0 Å². The van der Waals surface area contributed by atoms with Gasteiger partial charge in [0.1, 0.15) is 5.82 Å². The van der Waals surface area contributed by atoms with Gasteiger partial charge in [0, 0.05) is 45.1 Å². The molecule has 6 heteroatoms. The summed E-state index contributed by atoms with van der Waals surface area (Å²) in [4.78, 5) is 11.4. The van der Waals surface area contributed by atoms with Gasteiger partial charge >= 0.3 is 0 Å². The van der Waals surface area contributed by atoms with Crippen molar-refractivity contribution in [1.82, 2.24) is 25.1 Å². The minimum Gasteiger partial charge on any atom is -0.352 e. The van der Waals surface area contributed by atoms with Crippen LogP contribution >= 0.6 is 0 Å². The Morgan fingerprint density at radius 3 is 2.86 bits per heavy atom. The van der Waals surface area contributed by atoms with Crippen LogP contribution in [-0.2, 0) is 19.6 Å². The van der Waals surface area contributed by atoms with E-state index < -0.39 is 0 Å². The molecule has 1 aliphatic rings. The Kier molecular flexibility index (Phi) is 7.48. The molecule has 1 fully saturated rings. The largest absolute Gasteiger partial charge is 0.352 e. The third kappa shape index (κ3) is 6.09. The zero-order valence-electron chi connectivity index (χ0n) is 17.4. The van der Waals surface area contributed by atoms with Crippen molar-refractivity contribution in [3.63, 3.8) is 0 Å². The second-order valence-corrected chi connectivity index (χ2v) is 8.02. The van der Waals surface area contributed by atoms with E-state index in [1.54, 1.807) is 0 Å². The first kappa shape index (κ1) is 20.4. The molecule has 1 aromatic carbocycles. The lowest BCUT2D eigenvalue weighted by molar-refractivity contribution is 0.192. The Labute approximate surface area is 169 Å². The highest BCUT2D eigenvalue weighted by molar-refractivity contribution is 5.79. The fraction of sp³-hybridized carbons (Fsp3) is 0.545. The molecule has 28 heavy (non-hydrogen) atoms. The summed E-state index contributed by atoms with van der Waals surface area (Å²) in [6.07, 6.45) is 6.31. The van der Waals surface area contributed by atoms with Crippen LogP contribution in [0.2, 0.25) is 0 Å². The molecule has 0 saturated carbocycles. The fourth-order valence-electron chi connectivity index (χ4n) is 3.78. The highest BCUT2D eigenvalue weighted by Crippen LogP contribution is 2.13. The maximum Gasteiger partial charge on any atom is 0.191 e. The molecular weight excluding hydrogens is 348 g/mol. The number of aromatic nitrogens is 2. The van der Waals surface area contributed by atoms with E-state index in [1.807, 2.05) is 13.2 Å². The van der Waals surface area contributed by atoms with E-state index in [4.69, 9.17) is 0 Å². The summed E-state index contributed by atoms with van der Waals surface area (Å²) >= 11 is 0. The van der Waals surface area contributed by atoms with Crippen LogP contribution < -0.4 is 10.6 Å². The second kappa shape index (κ2) is 10.3. The van der Waals surface area contributed by atoms with Crippen molar-refractivity contribution in [2.24, 2.45) is 10.9 Å². The number of piperidine rings is 1. The Morgan fingerprint density at radius 2 is 2.11 bits per heavy atom. The van der Waals surface area contributed by atoms with Gasteiger partial charge in [-0.25, -0.2) is 4.98 Å².